The minimum atomic E-state index is -0.514. The number of benzene rings is 4. The van der Waals surface area contributed by atoms with E-state index in [2.05, 4.69) is 39.7 Å². The number of anilines is 1. The van der Waals surface area contributed by atoms with Crippen molar-refractivity contribution in [1.29, 1.82) is 0 Å². The van der Waals surface area contributed by atoms with Gasteiger partial charge < -0.3 is 0 Å². The molecule has 2 aromatic heterocycles. The van der Waals surface area contributed by atoms with E-state index in [0.29, 0.717) is 22.9 Å². The molecule has 0 saturated carbocycles. The van der Waals surface area contributed by atoms with Gasteiger partial charge in [0.1, 0.15) is 5.56 Å². The second-order valence-electron chi connectivity index (χ2n) is 9.01. The standard InChI is InChI=1S/C32H24N4O2S/c1-2-36-31(38)28(27(22-12-5-3-6-13-22)29(35-36)23-14-7-4-8-15-23)30(37)34-32-33-26(20-39-32)25-18-17-21-11-9-10-16-24(21)19-25/h3-20H,2H2,1H3,(H,33,34,37). The number of hydrogen-bond acceptors (Lipinski definition) is 5. The lowest BCUT2D eigenvalue weighted by Crippen LogP contribution is -2.32. The average molecular weight is 529 g/mol. The van der Waals surface area contributed by atoms with Gasteiger partial charge in [0.2, 0.25) is 0 Å². The summed E-state index contributed by atoms with van der Waals surface area (Å²) in [7, 11) is 0. The van der Waals surface area contributed by atoms with Crippen LogP contribution in [0, 0.1) is 0 Å². The fourth-order valence-corrected chi connectivity index (χ4v) is 5.37. The monoisotopic (exact) mass is 528 g/mol. The molecular formula is C32H24N4O2S. The van der Waals surface area contributed by atoms with Gasteiger partial charge in [-0.3, -0.25) is 14.9 Å². The van der Waals surface area contributed by atoms with Crippen LogP contribution in [0.2, 0.25) is 0 Å². The number of nitrogens with zero attached hydrogens (tertiary/aromatic N) is 3. The number of carbonyl (C=O) groups excluding carboxylic acids is 1. The van der Waals surface area contributed by atoms with E-state index in [-0.39, 0.29) is 5.56 Å². The number of thiazole rings is 1. The minimum absolute atomic E-state index is 0.0411. The number of carbonyl (C=O) groups is 1. The second kappa shape index (κ2) is 10.5. The molecule has 6 aromatic rings. The number of nitrogens with one attached hydrogen (secondary N) is 1. The van der Waals surface area contributed by atoms with E-state index >= 15 is 0 Å². The molecule has 0 unspecified atom stereocenters. The average Bonchev–Trinajstić information content (AvgIpc) is 3.46. The van der Waals surface area contributed by atoms with Crippen LogP contribution in [0.1, 0.15) is 17.3 Å². The lowest BCUT2D eigenvalue weighted by molar-refractivity contribution is 0.102. The summed E-state index contributed by atoms with van der Waals surface area (Å²) in [6, 6.07) is 33.3. The predicted molar refractivity (Wildman–Crippen MR) is 158 cm³/mol. The molecule has 0 atom stereocenters. The zero-order chi connectivity index (χ0) is 26.8. The van der Waals surface area contributed by atoms with Gasteiger partial charge in [0.05, 0.1) is 11.4 Å². The molecule has 1 amide bonds. The van der Waals surface area contributed by atoms with Crippen molar-refractivity contribution in [1.82, 2.24) is 14.8 Å². The molecule has 0 aliphatic rings. The van der Waals surface area contributed by atoms with Gasteiger partial charge in [-0.15, -0.1) is 11.3 Å². The zero-order valence-corrected chi connectivity index (χ0v) is 22.0. The lowest BCUT2D eigenvalue weighted by atomic mass is 9.95. The Morgan fingerprint density at radius 3 is 2.21 bits per heavy atom. The summed E-state index contributed by atoms with van der Waals surface area (Å²) in [4.78, 5) is 32.1. The molecule has 39 heavy (non-hydrogen) atoms. The molecule has 2 heterocycles. The van der Waals surface area contributed by atoms with Gasteiger partial charge in [0, 0.05) is 28.6 Å². The van der Waals surface area contributed by atoms with Crippen LogP contribution >= 0.6 is 11.3 Å². The highest BCUT2D eigenvalue weighted by molar-refractivity contribution is 7.14. The summed E-state index contributed by atoms with van der Waals surface area (Å²) >= 11 is 1.32. The summed E-state index contributed by atoms with van der Waals surface area (Å²) in [5.41, 5.74) is 3.95. The summed E-state index contributed by atoms with van der Waals surface area (Å²) in [5, 5.41) is 12.2. The molecule has 0 aliphatic heterocycles. The first kappa shape index (κ1) is 24.5. The topological polar surface area (TPSA) is 76.9 Å². The van der Waals surface area contributed by atoms with Crippen molar-refractivity contribution in [3.8, 4) is 33.6 Å². The Labute approximate surface area is 229 Å². The maximum absolute atomic E-state index is 13.8. The van der Waals surface area contributed by atoms with Gasteiger partial charge >= 0.3 is 0 Å². The summed E-state index contributed by atoms with van der Waals surface area (Å²) in [6.07, 6.45) is 0. The van der Waals surface area contributed by atoms with Crippen molar-refractivity contribution in [3.63, 3.8) is 0 Å². The van der Waals surface area contributed by atoms with Gasteiger partial charge in [-0.1, -0.05) is 97.1 Å². The van der Waals surface area contributed by atoms with Crippen molar-refractivity contribution < 1.29 is 4.79 Å². The molecule has 190 valence electrons. The van der Waals surface area contributed by atoms with Gasteiger partial charge in [-0.25, -0.2) is 9.67 Å². The molecule has 0 spiro atoms. The number of fused-ring (bicyclic) bond motifs is 1. The van der Waals surface area contributed by atoms with Crippen molar-refractivity contribution in [2.24, 2.45) is 0 Å². The Balaban J connectivity index is 1.43. The third-order valence-electron chi connectivity index (χ3n) is 6.56. The molecule has 0 aliphatic carbocycles. The summed E-state index contributed by atoms with van der Waals surface area (Å²) in [5.74, 6) is -0.514. The SMILES string of the molecule is CCn1nc(-c2ccccc2)c(-c2ccccc2)c(C(=O)Nc2nc(-c3ccc4ccccc4c3)cs2)c1=O. The molecule has 4 aromatic carbocycles. The third kappa shape index (κ3) is 4.76. The van der Waals surface area contributed by atoms with E-state index in [0.717, 1.165) is 33.2 Å². The number of hydrogen-bond donors (Lipinski definition) is 1. The Morgan fingerprint density at radius 1 is 0.821 bits per heavy atom. The first-order valence-corrected chi connectivity index (χ1v) is 13.5. The van der Waals surface area contributed by atoms with Crippen LogP contribution in [-0.2, 0) is 6.54 Å². The first-order valence-electron chi connectivity index (χ1n) is 12.6. The Kier molecular flexibility index (Phi) is 6.57. The predicted octanol–water partition coefficient (Wildman–Crippen LogP) is 7.13. The minimum Gasteiger partial charge on any atom is -0.298 e. The summed E-state index contributed by atoms with van der Waals surface area (Å²) in [6.45, 7) is 2.17. The molecule has 7 heteroatoms. The molecule has 1 N–H and O–H groups in total. The van der Waals surface area contributed by atoms with Crippen LogP contribution in [-0.4, -0.2) is 20.7 Å². The Morgan fingerprint density at radius 2 is 1.49 bits per heavy atom. The van der Waals surface area contributed by atoms with Gasteiger partial charge in [-0.05, 0) is 29.3 Å². The van der Waals surface area contributed by atoms with E-state index < -0.39 is 11.5 Å². The smallest absolute Gasteiger partial charge is 0.280 e. The fraction of sp³-hybridized carbons (Fsp3) is 0.0625. The van der Waals surface area contributed by atoms with Crippen molar-refractivity contribution in [3.05, 3.63) is 124 Å². The number of amides is 1. The van der Waals surface area contributed by atoms with E-state index in [1.807, 2.05) is 91.2 Å². The highest BCUT2D eigenvalue weighted by Gasteiger charge is 2.25. The van der Waals surface area contributed by atoms with E-state index in [1.54, 1.807) is 0 Å². The number of aromatic nitrogens is 3. The Hall–Kier alpha value is -4.88. The lowest BCUT2D eigenvalue weighted by Gasteiger charge is -2.16. The first-order chi connectivity index (χ1) is 19.1. The van der Waals surface area contributed by atoms with Crippen molar-refractivity contribution in [2.75, 3.05) is 5.32 Å². The maximum atomic E-state index is 13.8. The summed E-state index contributed by atoms with van der Waals surface area (Å²) < 4.78 is 1.34. The van der Waals surface area contributed by atoms with Crippen molar-refractivity contribution in [2.45, 2.75) is 13.5 Å². The normalized spacial score (nSPS) is 11.0. The molecule has 0 radical (unpaired) electrons. The largest absolute Gasteiger partial charge is 0.298 e. The molecular weight excluding hydrogens is 504 g/mol. The molecule has 6 rings (SSSR count). The fourth-order valence-electron chi connectivity index (χ4n) is 4.65. The molecule has 0 fully saturated rings. The van der Waals surface area contributed by atoms with E-state index in [1.165, 1.54) is 16.0 Å². The van der Waals surface area contributed by atoms with Crippen LogP contribution in [0.4, 0.5) is 5.13 Å². The van der Waals surface area contributed by atoms with Crippen LogP contribution in [0.5, 0.6) is 0 Å². The van der Waals surface area contributed by atoms with Crippen LogP contribution < -0.4 is 10.9 Å². The number of aryl methyl sites for hydroxylation is 1. The van der Waals surface area contributed by atoms with Gasteiger partial charge in [-0.2, -0.15) is 5.10 Å². The third-order valence-corrected chi connectivity index (χ3v) is 7.32. The zero-order valence-electron chi connectivity index (χ0n) is 21.2. The molecule has 0 bridgehead atoms. The van der Waals surface area contributed by atoms with E-state index in [9.17, 15) is 9.59 Å². The highest BCUT2D eigenvalue weighted by Crippen LogP contribution is 2.33. The van der Waals surface area contributed by atoms with E-state index in [4.69, 9.17) is 0 Å². The molecule has 6 nitrogen and oxygen atoms in total. The van der Waals surface area contributed by atoms with Gasteiger partial charge in [0.25, 0.3) is 11.5 Å². The van der Waals surface area contributed by atoms with Crippen LogP contribution in [0.25, 0.3) is 44.4 Å². The number of rotatable bonds is 6. The highest BCUT2D eigenvalue weighted by atomic mass is 32.1. The Bertz CT molecular complexity index is 1860. The maximum Gasteiger partial charge on any atom is 0.280 e. The second-order valence-corrected chi connectivity index (χ2v) is 9.86. The molecule has 0 saturated heterocycles. The quantitative estimate of drug-likeness (QED) is 0.250. The van der Waals surface area contributed by atoms with Crippen LogP contribution in [0.15, 0.2) is 113 Å². The van der Waals surface area contributed by atoms with Gasteiger partial charge in [0.15, 0.2) is 5.13 Å². The van der Waals surface area contributed by atoms with Crippen LogP contribution in [0.3, 0.4) is 0 Å². The van der Waals surface area contributed by atoms with Crippen molar-refractivity contribution >= 4 is 33.1 Å².